The third-order valence-corrected chi connectivity index (χ3v) is 4.91. The maximum Gasteiger partial charge on any atom is 0.128 e. The maximum atomic E-state index is 5.24. The van der Waals surface area contributed by atoms with Gasteiger partial charge in [0.05, 0.1) is 18.1 Å². The minimum absolute atomic E-state index is 0.333. The van der Waals surface area contributed by atoms with E-state index >= 15 is 0 Å². The lowest BCUT2D eigenvalue weighted by Crippen LogP contribution is -2.06. The summed E-state index contributed by atoms with van der Waals surface area (Å²) >= 11 is 1.96. The van der Waals surface area contributed by atoms with E-state index in [0.29, 0.717) is 5.25 Å². The summed E-state index contributed by atoms with van der Waals surface area (Å²) in [6.07, 6.45) is 0. The van der Waals surface area contributed by atoms with Crippen molar-refractivity contribution in [2.45, 2.75) is 12.2 Å². The number of methoxy groups -OCH3 is 1. The third-order valence-electron chi connectivity index (χ3n) is 3.63. The number of thioether (sulfide) groups is 1. The zero-order valence-corrected chi connectivity index (χ0v) is 12.8. The second kappa shape index (κ2) is 5.40. The van der Waals surface area contributed by atoms with Gasteiger partial charge < -0.3 is 10.1 Å². The molecule has 0 saturated heterocycles. The number of aryl methyl sites for hydroxylation is 2. The molecule has 0 radical (unpaired) electrons. The van der Waals surface area contributed by atoms with Gasteiger partial charge in [-0.25, -0.2) is 0 Å². The molecule has 0 fully saturated rings. The van der Waals surface area contributed by atoms with Crippen molar-refractivity contribution in [1.29, 1.82) is 0 Å². The van der Waals surface area contributed by atoms with E-state index in [2.05, 4.69) is 29.5 Å². The summed E-state index contributed by atoms with van der Waals surface area (Å²) in [5, 5.41) is 8.38. The molecule has 3 rings (SSSR count). The fourth-order valence-corrected chi connectivity index (χ4v) is 3.92. The van der Waals surface area contributed by atoms with Gasteiger partial charge in [-0.2, -0.15) is 5.10 Å². The van der Waals surface area contributed by atoms with Gasteiger partial charge >= 0.3 is 0 Å². The molecular weight excluding hydrogens is 270 g/mol. The molecule has 1 aromatic carbocycles. The van der Waals surface area contributed by atoms with Gasteiger partial charge in [-0.1, -0.05) is 12.1 Å². The summed E-state index contributed by atoms with van der Waals surface area (Å²) in [6.45, 7) is 3.06. The highest BCUT2D eigenvalue weighted by Crippen LogP contribution is 2.42. The SMILES string of the molecule is COc1ccc(C2SCCNc3c2c(C)nn3C)cc1. The Morgan fingerprint density at radius 3 is 2.80 bits per heavy atom. The number of hydrogen-bond acceptors (Lipinski definition) is 4. The van der Waals surface area contributed by atoms with E-state index in [-0.39, 0.29) is 0 Å². The molecule has 1 aromatic heterocycles. The van der Waals surface area contributed by atoms with Crippen LogP contribution in [0.15, 0.2) is 24.3 Å². The van der Waals surface area contributed by atoms with Crippen molar-refractivity contribution in [3.8, 4) is 5.75 Å². The molecule has 0 bridgehead atoms. The summed E-state index contributed by atoms with van der Waals surface area (Å²) in [5.74, 6) is 3.13. The molecule has 0 spiro atoms. The van der Waals surface area contributed by atoms with E-state index in [1.807, 2.05) is 35.6 Å². The number of hydrogen-bond donors (Lipinski definition) is 1. The first-order valence-electron chi connectivity index (χ1n) is 6.73. The molecule has 1 atom stereocenters. The van der Waals surface area contributed by atoms with Gasteiger partial charge in [0.25, 0.3) is 0 Å². The lowest BCUT2D eigenvalue weighted by atomic mass is 10.0. The molecule has 1 unspecified atom stereocenters. The first kappa shape index (κ1) is 13.4. The smallest absolute Gasteiger partial charge is 0.128 e. The topological polar surface area (TPSA) is 39.1 Å². The van der Waals surface area contributed by atoms with Gasteiger partial charge in [0.2, 0.25) is 0 Å². The Bertz CT molecular complexity index is 606. The molecular formula is C15H19N3OS. The monoisotopic (exact) mass is 289 g/mol. The summed E-state index contributed by atoms with van der Waals surface area (Å²) in [7, 11) is 3.70. The van der Waals surface area contributed by atoms with Crippen LogP contribution in [0.2, 0.25) is 0 Å². The molecule has 1 N–H and O–H groups in total. The Labute approximate surface area is 123 Å². The number of fused-ring (bicyclic) bond motifs is 1. The quantitative estimate of drug-likeness (QED) is 0.922. The van der Waals surface area contributed by atoms with Crippen LogP contribution in [0.4, 0.5) is 5.82 Å². The van der Waals surface area contributed by atoms with Crippen LogP contribution in [0.5, 0.6) is 5.75 Å². The Balaban J connectivity index is 2.04. The van der Waals surface area contributed by atoms with E-state index in [1.54, 1.807) is 7.11 Å². The number of anilines is 1. The lowest BCUT2D eigenvalue weighted by Gasteiger charge is -2.16. The summed E-state index contributed by atoms with van der Waals surface area (Å²) < 4.78 is 7.19. The Morgan fingerprint density at radius 2 is 2.10 bits per heavy atom. The van der Waals surface area contributed by atoms with Crippen molar-refractivity contribution in [2.24, 2.45) is 7.05 Å². The van der Waals surface area contributed by atoms with Gasteiger partial charge in [0.15, 0.2) is 0 Å². The zero-order chi connectivity index (χ0) is 14.1. The lowest BCUT2D eigenvalue weighted by molar-refractivity contribution is 0.414. The molecule has 20 heavy (non-hydrogen) atoms. The van der Waals surface area contributed by atoms with Gasteiger partial charge in [-0.3, -0.25) is 4.68 Å². The molecule has 5 heteroatoms. The van der Waals surface area contributed by atoms with Crippen molar-refractivity contribution in [1.82, 2.24) is 9.78 Å². The normalized spacial score (nSPS) is 18.1. The van der Waals surface area contributed by atoms with Crippen LogP contribution in [-0.4, -0.2) is 29.2 Å². The highest BCUT2D eigenvalue weighted by Gasteiger charge is 2.26. The maximum absolute atomic E-state index is 5.24. The highest BCUT2D eigenvalue weighted by molar-refractivity contribution is 7.99. The van der Waals surface area contributed by atoms with Gasteiger partial charge in [-0.05, 0) is 24.6 Å². The second-order valence-corrected chi connectivity index (χ2v) is 6.14. The second-order valence-electron chi connectivity index (χ2n) is 4.92. The van der Waals surface area contributed by atoms with Crippen molar-refractivity contribution in [3.63, 3.8) is 0 Å². The number of ether oxygens (including phenoxy) is 1. The summed E-state index contributed by atoms with van der Waals surface area (Å²) in [4.78, 5) is 0. The van der Waals surface area contributed by atoms with Crippen molar-refractivity contribution in [3.05, 3.63) is 41.1 Å². The van der Waals surface area contributed by atoms with Gasteiger partial charge in [0.1, 0.15) is 11.6 Å². The standard InChI is InChI=1S/C15H19N3OS/c1-10-13-14(11-4-6-12(19-3)7-5-11)20-9-8-16-15(13)18(2)17-10/h4-7,14,16H,8-9H2,1-3H3. The van der Waals surface area contributed by atoms with Crippen molar-refractivity contribution >= 4 is 17.6 Å². The predicted molar refractivity (Wildman–Crippen MR) is 83.7 cm³/mol. The third kappa shape index (κ3) is 2.26. The number of aromatic nitrogens is 2. The van der Waals surface area contributed by atoms with E-state index in [1.165, 1.54) is 11.1 Å². The predicted octanol–water partition coefficient (Wildman–Crippen LogP) is 2.99. The molecule has 106 valence electrons. The fraction of sp³-hybridized carbons (Fsp3) is 0.400. The average molecular weight is 289 g/mol. The minimum atomic E-state index is 0.333. The molecule has 0 amide bonds. The largest absolute Gasteiger partial charge is 0.497 e. The number of nitrogens with one attached hydrogen (secondary N) is 1. The Hall–Kier alpha value is -1.62. The molecule has 1 aliphatic heterocycles. The molecule has 4 nitrogen and oxygen atoms in total. The molecule has 2 heterocycles. The Morgan fingerprint density at radius 1 is 1.35 bits per heavy atom. The van der Waals surface area contributed by atoms with Crippen LogP contribution in [0, 0.1) is 6.92 Å². The van der Waals surface area contributed by atoms with Crippen LogP contribution in [-0.2, 0) is 7.05 Å². The van der Waals surface area contributed by atoms with Crippen molar-refractivity contribution < 1.29 is 4.74 Å². The van der Waals surface area contributed by atoms with Crippen LogP contribution < -0.4 is 10.1 Å². The fourth-order valence-electron chi connectivity index (χ4n) is 2.67. The number of nitrogens with zero attached hydrogens (tertiary/aromatic N) is 2. The first-order valence-corrected chi connectivity index (χ1v) is 7.78. The number of benzene rings is 1. The Kier molecular flexibility index (Phi) is 3.61. The van der Waals surface area contributed by atoms with Gasteiger partial charge in [0, 0.05) is 24.9 Å². The van der Waals surface area contributed by atoms with E-state index < -0.39 is 0 Å². The summed E-state index contributed by atoms with van der Waals surface area (Å²) in [6, 6.07) is 8.36. The zero-order valence-electron chi connectivity index (χ0n) is 12.0. The summed E-state index contributed by atoms with van der Waals surface area (Å²) in [5.41, 5.74) is 3.71. The highest BCUT2D eigenvalue weighted by atomic mass is 32.2. The molecule has 2 aromatic rings. The van der Waals surface area contributed by atoms with Gasteiger partial charge in [-0.15, -0.1) is 11.8 Å². The first-order chi connectivity index (χ1) is 9.70. The minimum Gasteiger partial charge on any atom is -0.497 e. The van der Waals surface area contributed by atoms with E-state index in [9.17, 15) is 0 Å². The van der Waals surface area contributed by atoms with Crippen LogP contribution >= 0.6 is 11.8 Å². The van der Waals surface area contributed by atoms with Crippen LogP contribution in [0.1, 0.15) is 22.1 Å². The van der Waals surface area contributed by atoms with E-state index in [0.717, 1.165) is 29.6 Å². The molecule has 0 saturated carbocycles. The molecule has 1 aliphatic rings. The molecule has 0 aliphatic carbocycles. The average Bonchev–Trinajstić information content (AvgIpc) is 2.66. The van der Waals surface area contributed by atoms with E-state index in [4.69, 9.17) is 4.74 Å². The van der Waals surface area contributed by atoms with Crippen LogP contribution in [0.25, 0.3) is 0 Å². The number of rotatable bonds is 2. The van der Waals surface area contributed by atoms with Crippen molar-refractivity contribution in [2.75, 3.05) is 24.7 Å². The van der Waals surface area contributed by atoms with Crippen LogP contribution in [0.3, 0.4) is 0 Å².